The molecule has 2 rings (SSSR count). The lowest BCUT2D eigenvalue weighted by Crippen LogP contribution is -2.31. The van der Waals surface area contributed by atoms with Gasteiger partial charge in [0.25, 0.3) is 5.91 Å². The Bertz CT molecular complexity index is 710. The standard InChI is InChI=1S/C14H8Cl2FN3O/c15-12-6-9(7-13(16)19-12)14(21)20(5-4-18)11-3-1-2-10(17)8-11/h1-3,6-8H,5H2. The van der Waals surface area contributed by atoms with Gasteiger partial charge in [0.15, 0.2) is 0 Å². The summed E-state index contributed by atoms with van der Waals surface area (Å²) in [5, 5.41) is 8.98. The highest BCUT2D eigenvalue weighted by Crippen LogP contribution is 2.21. The first-order chi connectivity index (χ1) is 10.0. The lowest BCUT2D eigenvalue weighted by molar-refractivity contribution is 0.0990. The van der Waals surface area contributed by atoms with Crippen LogP contribution in [0.5, 0.6) is 0 Å². The largest absolute Gasteiger partial charge is 0.294 e. The number of hydrogen-bond acceptors (Lipinski definition) is 3. The molecule has 106 valence electrons. The van der Waals surface area contributed by atoms with Crippen LogP contribution in [0.3, 0.4) is 0 Å². The minimum absolute atomic E-state index is 0.0574. The molecule has 1 heterocycles. The number of rotatable bonds is 3. The fourth-order valence-corrected chi connectivity index (χ4v) is 2.20. The molecule has 0 fully saturated rings. The number of anilines is 1. The number of carbonyl (C=O) groups is 1. The molecule has 0 radical (unpaired) electrons. The maximum atomic E-state index is 13.3. The maximum absolute atomic E-state index is 13.3. The second-order valence-corrected chi connectivity index (χ2v) is 4.81. The lowest BCUT2D eigenvalue weighted by Gasteiger charge is -2.20. The third-order valence-electron chi connectivity index (χ3n) is 2.60. The van der Waals surface area contributed by atoms with Crippen molar-refractivity contribution in [2.45, 2.75) is 0 Å². The number of aromatic nitrogens is 1. The van der Waals surface area contributed by atoms with E-state index in [0.717, 1.165) is 4.90 Å². The second-order valence-electron chi connectivity index (χ2n) is 4.03. The zero-order chi connectivity index (χ0) is 15.4. The van der Waals surface area contributed by atoms with E-state index in [1.165, 1.54) is 36.4 Å². The van der Waals surface area contributed by atoms with Crippen LogP contribution in [0.2, 0.25) is 10.3 Å². The highest BCUT2D eigenvalue weighted by Gasteiger charge is 2.19. The fourth-order valence-electron chi connectivity index (χ4n) is 1.74. The predicted molar refractivity (Wildman–Crippen MR) is 77.9 cm³/mol. The molecule has 1 aromatic heterocycles. The zero-order valence-corrected chi connectivity index (χ0v) is 12.1. The molecule has 1 amide bonds. The van der Waals surface area contributed by atoms with E-state index in [1.54, 1.807) is 0 Å². The van der Waals surface area contributed by atoms with Gasteiger partial charge in [0.1, 0.15) is 22.7 Å². The van der Waals surface area contributed by atoms with Crippen molar-refractivity contribution >= 4 is 34.8 Å². The molecule has 21 heavy (non-hydrogen) atoms. The summed E-state index contributed by atoms with van der Waals surface area (Å²) >= 11 is 11.5. The Kier molecular flexibility index (Phi) is 4.73. The van der Waals surface area contributed by atoms with Gasteiger partial charge in [0, 0.05) is 11.3 Å². The average Bonchev–Trinajstić information content (AvgIpc) is 2.43. The van der Waals surface area contributed by atoms with Gasteiger partial charge in [-0.1, -0.05) is 29.3 Å². The summed E-state index contributed by atoms with van der Waals surface area (Å²) in [4.78, 5) is 17.3. The third kappa shape index (κ3) is 3.69. The minimum Gasteiger partial charge on any atom is -0.294 e. The van der Waals surface area contributed by atoms with Crippen molar-refractivity contribution in [1.82, 2.24) is 4.98 Å². The summed E-state index contributed by atoms with van der Waals surface area (Å²) < 4.78 is 13.3. The van der Waals surface area contributed by atoms with Crippen LogP contribution in [0.4, 0.5) is 10.1 Å². The lowest BCUT2D eigenvalue weighted by atomic mass is 10.2. The third-order valence-corrected chi connectivity index (χ3v) is 2.99. The molecule has 0 atom stereocenters. The van der Waals surface area contributed by atoms with Gasteiger partial charge >= 0.3 is 0 Å². The Labute approximate surface area is 130 Å². The van der Waals surface area contributed by atoms with Crippen LogP contribution in [0.25, 0.3) is 0 Å². The molecule has 1 aromatic carbocycles. The Morgan fingerprint density at radius 3 is 2.52 bits per heavy atom. The number of amides is 1. The minimum atomic E-state index is -0.520. The molecular formula is C14H8Cl2FN3O. The molecular weight excluding hydrogens is 316 g/mol. The summed E-state index contributed by atoms with van der Waals surface area (Å²) in [7, 11) is 0. The Hall–Kier alpha value is -2.16. The molecule has 0 spiro atoms. The Balaban J connectivity index is 2.42. The molecule has 0 saturated heterocycles. The first-order valence-corrected chi connectivity index (χ1v) is 6.54. The first kappa shape index (κ1) is 15.2. The monoisotopic (exact) mass is 323 g/mol. The van der Waals surface area contributed by atoms with Crippen molar-refractivity contribution in [3.05, 3.63) is 58.1 Å². The van der Waals surface area contributed by atoms with E-state index in [4.69, 9.17) is 28.5 Å². The SMILES string of the molecule is N#CCN(C(=O)c1cc(Cl)nc(Cl)c1)c1cccc(F)c1. The van der Waals surface area contributed by atoms with E-state index >= 15 is 0 Å². The number of nitriles is 1. The van der Waals surface area contributed by atoms with Crippen LogP contribution in [0, 0.1) is 17.1 Å². The van der Waals surface area contributed by atoms with Crippen molar-refractivity contribution in [2.75, 3.05) is 11.4 Å². The predicted octanol–water partition coefficient (Wildman–Crippen LogP) is 3.70. The Morgan fingerprint density at radius 2 is 1.95 bits per heavy atom. The van der Waals surface area contributed by atoms with Crippen LogP contribution < -0.4 is 4.90 Å². The number of pyridine rings is 1. The van der Waals surface area contributed by atoms with E-state index in [1.807, 2.05) is 6.07 Å². The van der Waals surface area contributed by atoms with Crippen molar-refractivity contribution < 1.29 is 9.18 Å². The molecule has 0 N–H and O–H groups in total. The van der Waals surface area contributed by atoms with Gasteiger partial charge in [0.05, 0.1) is 6.07 Å². The molecule has 4 nitrogen and oxygen atoms in total. The van der Waals surface area contributed by atoms with Gasteiger partial charge in [-0.05, 0) is 30.3 Å². The summed E-state index contributed by atoms with van der Waals surface area (Å²) in [6.07, 6.45) is 0. The molecule has 0 aliphatic rings. The molecule has 0 unspecified atom stereocenters. The van der Waals surface area contributed by atoms with Crippen molar-refractivity contribution in [3.8, 4) is 6.07 Å². The normalized spacial score (nSPS) is 10.0. The number of benzene rings is 1. The zero-order valence-electron chi connectivity index (χ0n) is 10.6. The smallest absolute Gasteiger partial charge is 0.259 e. The number of carbonyl (C=O) groups excluding carboxylic acids is 1. The van der Waals surface area contributed by atoms with E-state index in [2.05, 4.69) is 4.98 Å². The van der Waals surface area contributed by atoms with Crippen LogP contribution in [-0.2, 0) is 0 Å². The molecule has 7 heteroatoms. The topological polar surface area (TPSA) is 57.0 Å². The summed E-state index contributed by atoms with van der Waals surface area (Å²) in [5.74, 6) is -1.03. The molecule has 0 aliphatic carbocycles. The number of hydrogen-bond donors (Lipinski definition) is 0. The van der Waals surface area contributed by atoms with Gasteiger partial charge < -0.3 is 0 Å². The molecule has 0 saturated carbocycles. The fraction of sp³-hybridized carbons (Fsp3) is 0.0714. The van der Waals surface area contributed by atoms with Crippen LogP contribution in [-0.4, -0.2) is 17.4 Å². The van der Waals surface area contributed by atoms with Crippen molar-refractivity contribution in [2.24, 2.45) is 0 Å². The maximum Gasteiger partial charge on any atom is 0.259 e. The summed E-state index contributed by atoms with van der Waals surface area (Å²) in [6.45, 7) is -0.236. The summed E-state index contributed by atoms with van der Waals surface area (Å²) in [5.41, 5.74) is 0.435. The molecule has 2 aromatic rings. The summed E-state index contributed by atoms with van der Waals surface area (Å²) in [6, 6.07) is 9.93. The number of halogens is 3. The van der Waals surface area contributed by atoms with Gasteiger partial charge in [-0.15, -0.1) is 0 Å². The van der Waals surface area contributed by atoms with Gasteiger partial charge in [0.2, 0.25) is 0 Å². The van der Waals surface area contributed by atoms with E-state index in [-0.39, 0.29) is 28.1 Å². The second kappa shape index (κ2) is 6.53. The van der Waals surface area contributed by atoms with E-state index < -0.39 is 11.7 Å². The van der Waals surface area contributed by atoms with E-state index in [9.17, 15) is 9.18 Å². The van der Waals surface area contributed by atoms with Gasteiger partial charge in [-0.2, -0.15) is 5.26 Å². The van der Waals surface area contributed by atoms with Crippen LogP contribution >= 0.6 is 23.2 Å². The highest BCUT2D eigenvalue weighted by atomic mass is 35.5. The molecule has 0 bridgehead atoms. The van der Waals surface area contributed by atoms with Gasteiger partial charge in [-0.3, -0.25) is 9.69 Å². The Morgan fingerprint density at radius 1 is 1.29 bits per heavy atom. The van der Waals surface area contributed by atoms with E-state index in [0.29, 0.717) is 0 Å². The van der Waals surface area contributed by atoms with Crippen LogP contribution in [0.15, 0.2) is 36.4 Å². The first-order valence-electron chi connectivity index (χ1n) is 5.78. The average molecular weight is 324 g/mol. The molecule has 0 aliphatic heterocycles. The van der Waals surface area contributed by atoms with Crippen LogP contribution in [0.1, 0.15) is 10.4 Å². The number of nitrogens with zero attached hydrogens (tertiary/aromatic N) is 3. The highest BCUT2D eigenvalue weighted by molar-refractivity contribution is 6.33. The van der Waals surface area contributed by atoms with Gasteiger partial charge in [-0.25, -0.2) is 9.37 Å². The van der Waals surface area contributed by atoms with Crippen molar-refractivity contribution in [3.63, 3.8) is 0 Å². The van der Waals surface area contributed by atoms with Crippen molar-refractivity contribution in [1.29, 1.82) is 5.26 Å². The quantitative estimate of drug-likeness (QED) is 0.639.